The Labute approximate surface area is 88.3 Å². The summed E-state index contributed by atoms with van der Waals surface area (Å²) in [5, 5.41) is 19.6. The molecule has 2 unspecified atom stereocenters. The molecule has 2 N–H and O–H groups in total. The molecule has 0 aliphatic rings. The minimum Gasteiger partial charge on any atom is -0.393 e. The highest BCUT2D eigenvalue weighted by Gasteiger charge is 2.26. The second-order valence-electron chi connectivity index (χ2n) is 6.54. The zero-order chi connectivity index (χ0) is 11.6. The first-order valence-electron chi connectivity index (χ1n) is 5.38. The standard InChI is InChI=1S/C12H26O2/c1-11(2,3)8-9(13)7-10(14)12(4,5)6/h9-10,13-14H,7-8H2,1-6H3. The Morgan fingerprint density at radius 3 is 1.64 bits per heavy atom. The van der Waals surface area contributed by atoms with E-state index in [1.807, 2.05) is 20.8 Å². The Morgan fingerprint density at radius 2 is 1.36 bits per heavy atom. The van der Waals surface area contributed by atoms with Crippen LogP contribution in [-0.4, -0.2) is 22.4 Å². The van der Waals surface area contributed by atoms with Crippen molar-refractivity contribution in [3.05, 3.63) is 0 Å². The molecule has 0 aromatic rings. The lowest BCUT2D eigenvalue weighted by molar-refractivity contribution is 0.00203. The van der Waals surface area contributed by atoms with Crippen molar-refractivity contribution in [1.82, 2.24) is 0 Å². The van der Waals surface area contributed by atoms with Crippen molar-refractivity contribution in [2.45, 2.75) is 66.6 Å². The monoisotopic (exact) mass is 202 g/mol. The molecule has 0 spiro atoms. The first kappa shape index (κ1) is 13.9. The fourth-order valence-corrected chi connectivity index (χ4v) is 1.40. The fraction of sp³-hybridized carbons (Fsp3) is 1.00. The van der Waals surface area contributed by atoms with Gasteiger partial charge in [0.05, 0.1) is 12.2 Å². The summed E-state index contributed by atoms with van der Waals surface area (Å²) in [6.45, 7) is 12.3. The highest BCUT2D eigenvalue weighted by atomic mass is 16.3. The summed E-state index contributed by atoms with van der Waals surface area (Å²) >= 11 is 0. The van der Waals surface area contributed by atoms with Gasteiger partial charge >= 0.3 is 0 Å². The van der Waals surface area contributed by atoms with Crippen LogP contribution < -0.4 is 0 Å². The molecule has 0 amide bonds. The van der Waals surface area contributed by atoms with Gasteiger partial charge in [-0.25, -0.2) is 0 Å². The van der Waals surface area contributed by atoms with Crippen molar-refractivity contribution in [1.29, 1.82) is 0 Å². The Morgan fingerprint density at radius 1 is 0.929 bits per heavy atom. The van der Waals surface area contributed by atoms with Gasteiger partial charge in [-0.2, -0.15) is 0 Å². The summed E-state index contributed by atoms with van der Waals surface area (Å²) in [6, 6.07) is 0. The number of hydrogen-bond acceptors (Lipinski definition) is 2. The molecule has 0 aromatic heterocycles. The lowest BCUT2D eigenvalue weighted by Gasteiger charge is -2.30. The van der Waals surface area contributed by atoms with Gasteiger partial charge in [-0.05, 0) is 23.7 Å². The van der Waals surface area contributed by atoms with Crippen LogP contribution in [0.25, 0.3) is 0 Å². The molecule has 0 rings (SSSR count). The Hall–Kier alpha value is -0.0800. The summed E-state index contributed by atoms with van der Waals surface area (Å²) in [7, 11) is 0. The maximum absolute atomic E-state index is 9.79. The second kappa shape index (κ2) is 4.63. The van der Waals surface area contributed by atoms with E-state index in [0.29, 0.717) is 6.42 Å². The van der Waals surface area contributed by atoms with Gasteiger partial charge in [0.15, 0.2) is 0 Å². The van der Waals surface area contributed by atoms with E-state index in [4.69, 9.17) is 0 Å². The molecule has 2 nitrogen and oxygen atoms in total. The number of rotatable bonds is 3. The van der Waals surface area contributed by atoms with Gasteiger partial charge in [0.2, 0.25) is 0 Å². The first-order valence-corrected chi connectivity index (χ1v) is 5.38. The van der Waals surface area contributed by atoms with Crippen LogP contribution in [0.15, 0.2) is 0 Å². The van der Waals surface area contributed by atoms with Crippen LogP contribution in [0.1, 0.15) is 54.4 Å². The molecule has 0 fully saturated rings. The van der Waals surface area contributed by atoms with Crippen LogP contribution in [0.3, 0.4) is 0 Å². The van der Waals surface area contributed by atoms with E-state index in [2.05, 4.69) is 20.8 Å². The van der Waals surface area contributed by atoms with Gasteiger partial charge in [0.25, 0.3) is 0 Å². The molecule has 0 aromatic carbocycles. The Balaban J connectivity index is 4.01. The molecule has 0 aliphatic heterocycles. The molecule has 14 heavy (non-hydrogen) atoms. The molecule has 0 saturated carbocycles. The van der Waals surface area contributed by atoms with Crippen molar-refractivity contribution in [2.75, 3.05) is 0 Å². The van der Waals surface area contributed by atoms with Crippen LogP contribution in [0.2, 0.25) is 0 Å². The molecule has 86 valence electrons. The maximum atomic E-state index is 9.79. The number of hydrogen-bond donors (Lipinski definition) is 2. The fourth-order valence-electron chi connectivity index (χ4n) is 1.40. The van der Waals surface area contributed by atoms with E-state index in [0.717, 1.165) is 6.42 Å². The molecule has 0 heterocycles. The largest absolute Gasteiger partial charge is 0.393 e. The van der Waals surface area contributed by atoms with Gasteiger partial charge < -0.3 is 10.2 Å². The van der Waals surface area contributed by atoms with Crippen LogP contribution >= 0.6 is 0 Å². The third kappa shape index (κ3) is 6.39. The molecule has 0 saturated heterocycles. The molecular weight excluding hydrogens is 176 g/mol. The van der Waals surface area contributed by atoms with E-state index in [9.17, 15) is 10.2 Å². The summed E-state index contributed by atoms with van der Waals surface area (Å²) in [5.41, 5.74) is -0.0180. The van der Waals surface area contributed by atoms with Crippen molar-refractivity contribution in [3.8, 4) is 0 Å². The van der Waals surface area contributed by atoms with Gasteiger partial charge in [0, 0.05) is 0 Å². The van der Waals surface area contributed by atoms with Crippen molar-refractivity contribution < 1.29 is 10.2 Å². The van der Waals surface area contributed by atoms with Crippen molar-refractivity contribution >= 4 is 0 Å². The van der Waals surface area contributed by atoms with Crippen LogP contribution in [0.4, 0.5) is 0 Å². The maximum Gasteiger partial charge on any atom is 0.0613 e. The minimum atomic E-state index is -0.431. The SMILES string of the molecule is CC(C)(C)CC(O)CC(O)C(C)(C)C. The van der Waals surface area contributed by atoms with Crippen LogP contribution in [0.5, 0.6) is 0 Å². The van der Waals surface area contributed by atoms with E-state index >= 15 is 0 Å². The lowest BCUT2D eigenvalue weighted by atomic mass is 9.82. The summed E-state index contributed by atoms with van der Waals surface area (Å²) in [6.07, 6.45) is 0.380. The summed E-state index contributed by atoms with van der Waals surface area (Å²) in [4.78, 5) is 0. The molecule has 2 heteroatoms. The molecule has 0 aliphatic carbocycles. The van der Waals surface area contributed by atoms with E-state index in [1.54, 1.807) is 0 Å². The van der Waals surface area contributed by atoms with Gasteiger partial charge in [-0.3, -0.25) is 0 Å². The zero-order valence-electron chi connectivity index (χ0n) is 10.5. The molecule has 2 atom stereocenters. The van der Waals surface area contributed by atoms with E-state index in [1.165, 1.54) is 0 Å². The summed E-state index contributed by atoms with van der Waals surface area (Å²) < 4.78 is 0. The number of aliphatic hydroxyl groups is 2. The zero-order valence-corrected chi connectivity index (χ0v) is 10.5. The van der Waals surface area contributed by atoms with Gasteiger partial charge in [-0.1, -0.05) is 41.5 Å². The Kier molecular flexibility index (Phi) is 4.60. The Bertz CT molecular complexity index is 162. The first-order chi connectivity index (χ1) is 6.02. The second-order valence-corrected chi connectivity index (χ2v) is 6.54. The molecule has 0 bridgehead atoms. The lowest BCUT2D eigenvalue weighted by Crippen LogP contribution is -2.31. The average molecular weight is 202 g/mol. The smallest absolute Gasteiger partial charge is 0.0613 e. The normalized spacial score (nSPS) is 18.0. The topological polar surface area (TPSA) is 40.5 Å². The third-order valence-electron chi connectivity index (χ3n) is 2.34. The third-order valence-corrected chi connectivity index (χ3v) is 2.34. The molecule has 0 radical (unpaired) electrons. The van der Waals surface area contributed by atoms with Crippen molar-refractivity contribution in [2.24, 2.45) is 10.8 Å². The summed E-state index contributed by atoms with van der Waals surface area (Å²) in [5.74, 6) is 0. The van der Waals surface area contributed by atoms with Crippen LogP contribution in [-0.2, 0) is 0 Å². The highest BCUT2D eigenvalue weighted by Crippen LogP contribution is 2.27. The quantitative estimate of drug-likeness (QED) is 0.738. The highest BCUT2D eigenvalue weighted by molar-refractivity contribution is 4.78. The average Bonchev–Trinajstić information content (AvgIpc) is 1.79. The van der Waals surface area contributed by atoms with E-state index < -0.39 is 12.2 Å². The minimum absolute atomic E-state index is 0.122. The number of aliphatic hydroxyl groups excluding tert-OH is 2. The van der Waals surface area contributed by atoms with Crippen LogP contribution in [0, 0.1) is 10.8 Å². The molecular formula is C12H26O2. The van der Waals surface area contributed by atoms with Crippen molar-refractivity contribution in [3.63, 3.8) is 0 Å². The van der Waals surface area contributed by atoms with Gasteiger partial charge in [-0.15, -0.1) is 0 Å². The predicted molar refractivity (Wildman–Crippen MR) is 60.2 cm³/mol. The predicted octanol–water partition coefficient (Wildman–Crippen LogP) is 2.58. The van der Waals surface area contributed by atoms with E-state index in [-0.39, 0.29) is 10.8 Å². The van der Waals surface area contributed by atoms with Gasteiger partial charge in [0.1, 0.15) is 0 Å².